The number of benzene rings is 1. The van der Waals surface area contributed by atoms with E-state index in [4.69, 9.17) is 9.47 Å². The summed E-state index contributed by atoms with van der Waals surface area (Å²) in [7, 11) is 2.04. The van der Waals surface area contributed by atoms with E-state index in [1.165, 1.54) is 12.8 Å². The van der Waals surface area contributed by atoms with Gasteiger partial charge in [0.15, 0.2) is 23.3 Å². The number of nitrogens with zero attached hydrogens (tertiary/aromatic N) is 4. The Kier molecular flexibility index (Phi) is 9.97. The predicted molar refractivity (Wildman–Crippen MR) is 157 cm³/mol. The average Bonchev–Trinajstić information content (AvgIpc) is 3.59. The van der Waals surface area contributed by atoms with E-state index in [2.05, 4.69) is 38.9 Å². The highest BCUT2D eigenvalue weighted by Crippen LogP contribution is 2.39. The first kappa shape index (κ1) is 29.9. The molecule has 1 aromatic carbocycles. The Hall–Kier alpha value is -3.62. The number of imidazole rings is 1. The summed E-state index contributed by atoms with van der Waals surface area (Å²) >= 11 is 1.73. The number of carbonyl (C=O) groups excluding carboxylic acids is 1. The summed E-state index contributed by atoms with van der Waals surface area (Å²) in [5.41, 5.74) is 1.36. The lowest BCUT2D eigenvalue weighted by molar-refractivity contribution is 0.147. The topological polar surface area (TPSA) is 81.5 Å². The van der Waals surface area contributed by atoms with E-state index in [0.29, 0.717) is 16.9 Å². The summed E-state index contributed by atoms with van der Waals surface area (Å²) < 4.78 is 42.5. The minimum Gasteiger partial charge on any atom is -0.484 e. The molecule has 2 unspecified atom stereocenters. The maximum absolute atomic E-state index is 14.9. The molecular formula is C31H35F2N5O3S. The summed E-state index contributed by atoms with van der Waals surface area (Å²) in [5.74, 6) is 3.99. The molecule has 3 heterocycles. The average molecular weight is 596 g/mol. The van der Waals surface area contributed by atoms with Gasteiger partial charge in [-0.3, -0.25) is 9.55 Å². The molecule has 1 saturated heterocycles. The van der Waals surface area contributed by atoms with E-state index >= 15 is 0 Å². The van der Waals surface area contributed by atoms with Crippen molar-refractivity contribution in [2.45, 2.75) is 62.1 Å². The van der Waals surface area contributed by atoms with Gasteiger partial charge in [0, 0.05) is 23.6 Å². The van der Waals surface area contributed by atoms with Gasteiger partial charge in [-0.1, -0.05) is 36.9 Å². The fourth-order valence-corrected chi connectivity index (χ4v) is 6.58. The number of hydrogen-bond acceptors (Lipinski definition) is 7. The minimum atomic E-state index is -0.747. The third-order valence-electron chi connectivity index (χ3n) is 7.68. The monoisotopic (exact) mass is 595 g/mol. The van der Waals surface area contributed by atoms with Crippen LogP contribution in [0.5, 0.6) is 5.75 Å². The van der Waals surface area contributed by atoms with Gasteiger partial charge in [0.2, 0.25) is 0 Å². The second-order valence-corrected chi connectivity index (χ2v) is 12.0. The fraction of sp³-hybridized carbons (Fsp3) is 0.452. The Morgan fingerprint density at radius 1 is 1.17 bits per heavy atom. The molecule has 2 aromatic heterocycles. The minimum absolute atomic E-state index is 0.0235. The van der Waals surface area contributed by atoms with Gasteiger partial charge in [-0.25, -0.2) is 18.6 Å². The van der Waals surface area contributed by atoms with Crippen molar-refractivity contribution in [2.24, 2.45) is 5.92 Å². The second-order valence-electron chi connectivity index (χ2n) is 10.8. The molecule has 8 nitrogen and oxygen atoms in total. The van der Waals surface area contributed by atoms with Crippen LogP contribution in [0.3, 0.4) is 0 Å². The summed E-state index contributed by atoms with van der Waals surface area (Å²) in [6.45, 7) is 3.81. The summed E-state index contributed by atoms with van der Waals surface area (Å²) in [6, 6.07) is 5.79. The number of piperidine rings is 1. The molecule has 1 aliphatic carbocycles. The van der Waals surface area contributed by atoms with Crippen molar-refractivity contribution in [1.29, 1.82) is 0 Å². The third kappa shape index (κ3) is 7.61. The van der Waals surface area contributed by atoms with Gasteiger partial charge >= 0.3 is 6.09 Å². The lowest BCUT2D eigenvalue weighted by atomic mass is 10.1. The summed E-state index contributed by atoms with van der Waals surface area (Å²) in [4.78, 5) is 23.1. The van der Waals surface area contributed by atoms with E-state index in [1.807, 2.05) is 23.7 Å². The molecule has 0 radical (unpaired) electrons. The largest absolute Gasteiger partial charge is 0.484 e. The van der Waals surface area contributed by atoms with Crippen molar-refractivity contribution in [2.75, 3.05) is 26.7 Å². The molecular weight excluding hydrogens is 560 g/mol. The van der Waals surface area contributed by atoms with E-state index in [-0.39, 0.29) is 30.6 Å². The first-order chi connectivity index (χ1) is 20.4. The van der Waals surface area contributed by atoms with Gasteiger partial charge in [-0.05, 0) is 69.9 Å². The molecule has 2 fully saturated rings. The maximum atomic E-state index is 14.9. The summed E-state index contributed by atoms with van der Waals surface area (Å²) in [5, 5.41) is 4.10. The predicted octanol–water partition coefficient (Wildman–Crippen LogP) is 5.58. The van der Waals surface area contributed by atoms with Crippen LogP contribution in [0.1, 0.15) is 50.3 Å². The van der Waals surface area contributed by atoms with Crippen molar-refractivity contribution in [3.8, 4) is 23.3 Å². The van der Waals surface area contributed by atoms with Crippen LogP contribution in [0.15, 0.2) is 48.0 Å². The number of pyridine rings is 1. The van der Waals surface area contributed by atoms with Crippen molar-refractivity contribution in [3.63, 3.8) is 0 Å². The molecule has 1 N–H and O–H groups in total. The number of nitrogens with one attached hydrogen (secondary N) is 1. The van der Waals surface area contributed by atoms with Crippen molar-refractivity contribution in [1.82, 2.24) is 24.8 Å². The number of aromatic nitrogens is 3. The number of thioether (sulfide) groups is 1. The Morgan fingerprint density at radius 2 is 2.00 bits per heavy atom. The quantitative estimate of drug-likeness (QED) is 0.341. The highest BCUT2D eigenvalue weighted by atomic mass is 32.2. The molecule has 2 aliphatic rings. The summed E-state index contributed by atoms with van der Waals surface area (Å²) in [6.07, 6.45) is 9.80. The van der Waals surface area contributed by atoms with Gasteiger partial charge in [-0.2, -0.15) is 0 Å². The molecule has 5 rings (SSSR count). The number of alkyl carbamates (subject to hydrolysis) is 1. The van der Waals surface area contributed by atoms with E-state index in [0.717, 1.165) is 55.3 Å². The zero-order valence-corrected chi connectivity index (χ0v) is 24.6. The number of carbonyl (C=O) groups is 1. The molecule has 11 heteroatoms. The fourth-order valence-electron chi connectivity index (χ4n) is 5.22. The number of amides is 1. The first-order valence-electron chi connectivity index (χ1n) is 14.2. The molecule has 1 aliphatic heterocycles. The molecule has 42 heavy (non-hydrogen) atoms. The van der Waals surface area contributed by atoms with E-state index in [9.17, 15) is 13.6 Å². The van der Waals surface area contributed by atoms with Gasteiger partial charge in [0.1, 0.15) is 12.4 Å². The molecule has 2 atom stereocenters. The lowest BCUT2D eigenvalue weighted by Crippen LogP contribution is -2.43. The van der Waals surface area contributed by atoms with E-state index < -0.39 is 17.7 Å². The highest BCUT2D eigenvalue weighted by molar-refractivity contribution is 7.99. The van der Waals surface area contributed by atoms with Crippen molar-refractivity contribution >= 4 is 17.9 Å². The standard InChI is InChI=1S/C31H35F2N5O3S/c1-21-6-3-9-29(21)42-30-35-19-25(38(30)24-8-4-12-34-18-24)20-41-28-17-26(32)22(16-27(28)33)7-5-15-40-31(39)36-23-10-13-37(2)14-11-23/h4,8,12,16-19,21,23,29H,3,6,9-11,13-15,20H2,1-2H3,(H,36,39). The van der Waals surface area contributed by atoms with Crippen LogP contribution in [0.2, 0.25) is 0 Å². The van der Waals surface area contributed by atoms with E-state index in [1.54, 1.807) is 30.4 Å². The zero-order valence-electron chi connectivity index (χ0n) is 23.8. The Bertz CT molecular complexity index is 1430. The maximum Gasteiger partial charge on any atom is 0.408 e. The van der Waals surface area contributed by atoms with Crippen molar-refractivity contribution < 1.29 is 23.0 Å². The van der Waals surface area contributed by atoms with Crippen molar-refractivity contribution in [3.05, 3.63) is 65.7 Å². The smallest absolute Gasteiger partial charge is 0.408 e. The molecule has 0 bridgehead atoms. The van der Waals surface area contributed by atoms with Gasteiger partial charge in [0.05, 0.1) is 29.3 Å². The van der Waals surface area contributed by atoms with Crippen LogP contribution in [0.4, 0.5) is 13.6 Å². The van der Waals surface area contributed by atoms with Crippen LogP contribution in [0.25, 0.3) is 5.69 Å². The highest BCUT2D eigenvalue weighted by Gasteiger charge is 2.27. The van der Waals surface area contributed by atoms with Crippen LogP contribution in [-0.2, 0) is 11.3 Å². The Morgan fingerprint density at radius 3 is 2.74 bits per heavy atom. The Labute approximate surface area is 249 Å². The number of halogens is 2. The number of rotatable bonds is 8. The number of ether oxygens (including phenoxy) is 2. The van der Waals surface area contributed by atoms with Crippen LogP contribution < -0.4 is 10.1 Å². The zero-order chi connectivity index (χ0) is 29.5. The molecule has 222 valence electrons. The SMILES string of the molecule is CC1CCCC1Sc1ncc(COc2cc(F)c(C#CCOC(=O)NC3CCN(C)CC3)cc2F)n1-c1cccnc1. The van der Waals surface area contributed by atoms with Crippen LogP contribution >= 0.6 is 11.8 Å². The third-order valence-corrected chi connectivity index (χ3v) is 9.18. The van der Waals surface area contributed by atoms with Crippen LogP contribution in [0, 0.1) is 29.4 Å². The molecule has 0 spiro atoms. The van der Waals surface area contributed by atoms with Crippen LogP contribution in [-0.4, -0.2) is 63.6 Å². The Balaban J connectivity index is 1.21. The lowest BCUT2D eigenvalue weighted by Gasteiger charge is -2.28. The van der Waals surface area contributed by atoms with Gasteiger partial charge < -0.3 is 19.7 Å². The molecule has 1 saturated carbocycles. The molecule has 1 amide bonds. The number of hydrogen-bond donors (Lipinski definition) is 1. The normalized spacial score (nSPS) is 19.2. The first-order valence-corrected chi connectivity index (χ1v) is 15.1. The van der Waals surface area contributed by atoms with Gasteiger partial charge in [0.25, 0.3) is 0 Å². The second kappa shape index (κ2) is 14.0. The molecule has 3 aromatic rings. The van der Waals surface area contributed by atoms with Gasteiger partial charge in [-0.15, -0.1) is 0 Å². The number of likely N-dealkylation sites (tertiary alicyclic amines) is 1.